The van der Waals surface area contributed by atoms with Crippen molar-refractivity contribution >= 4 is 53.1 Å². The van der Waals surface area contributed by atoms with Crippen LogP contribution >= 0.6 is 35.6 Å². The number of nitrogens with one attached hydrogen (secondary N) is 2. The molecular formula is C38H45Cl3F2N4O8. The van der Waals surface area contributed by atoms with Crippen LogP contribution in [-0.4, -0.2) is 106 Å². The summed E-state index contributed by atoms with van der Waals surface area (Å²) in [5.41, 5.74) is -2.37. The predicted octanol–water partition coefficient (Wildman–Crippen LogP) is 4.17. The second-order valence-corrected chi connectivity index (χ2v) is 15.4. The molecule has 300 valence electrons. The molecule has 4 rings (SSSR count). The number of aliphatic hydroxyl groups is 5. The third kappa shape index (κ3) is 9.68. The third-order valence-electron chi connectivity index (χ3n) is 9.57. The Balaban J connectivity index is 0.00000812. The highest BCUT2D eigenvalue weighted by molar-refractivity contribution is 6.31. The molecule has 8 atom stereocenters. The number of nitriles is 1. The highest BCUT2D eigenvalue weighted by Crippen LogP contribution is 2.53. The molecule has 0 unspecified atom stereocenters. The molecule has 2 amide bonds. The molecule has 1 fully saturated rings. The Morgan fingerprint density at radius 3 is 2.29 bits per heavy atom. The smallest absolute Gasteiger partial charge is 0.253 e. The van der Waals surface area contributed by atoms with Gasteiger partial charge in [0.25, 0.3) is 5.91 Å². The second kappa shape index (κ2) is 18.5. The fourth-order valence-corrected chi connectivity index (χ4v) is 7.29. The number of anilines is 1. The van der Waals surface area contributed by atoms with Crippen LogP contribution in [0.15, 0.2) is 54.6 Å². The van der Waals surface area contributed by atoms with Gasteiger partial charge in [0.1, 0.15) is 47.2 Å². The van der Waals surface area contributed by atoms with Crippen LogP contribution in [0.3, 0.4) is 0 Å². The van der Waals surface area contributed by atoms with Crippen LogP contribution < -0.4 is 15.4 Å². The van der Waals surface area contributed by atoms with Crippen LogP contribution in [0.5, 0.6) is 5.75 Å². The van der Waals surface area contributed by atoms with E-state index in [4.69, 9.17) is 33.0 Å². The van der Waals surface area contributed by atoms with Gasteiger partial charge in [0.05, 0.1) is 36.5 Å². The van der Waals surface area contributed by atoms with Crippen LogP contribution in [0.25, 0.3) is 0 Å². The number of methoxy groups -OCH3 is 1. The molecule has 0 radical (unpaired) electrons. The number of amides is 2. The van der Waals surface area contributed by atoms with E-state index >= 15 is 8.78 Å². The van der Waals surface area contributed by atoms with Crippen LogP contribution in [0.2, 0.25) is 10.0 Å². The van der Waals surface area contributed by atoms with Crippen molar-refractivity contribution in [3.8, 4) is 11.8 Å². The van der Waals surface area contributed by atoms with Crippen LogP contribution in [0.1, 0.15) is 54.6 Å². The minimum Gasteiger partial charge on any atom is -0.495 e. The first kappa shape index (κ1) is 45.8. The molecule has 0 spiro atoms. The van der Waals surface area contributed by atoms with Crippen molar-refractivity contribution in [1.29, 1.82) is 5.26 Å². The highest BCUT2D eigenvalue weighted by atomic mass is 35.5. The molecule has 1 aliphatic rings. The number of aliphatic hydroxyl groups excluding tert-OH is 5. The Kier molecular flexibility index (Phi) is 15.4. The maximum Gasteiger partial charge on any atom is 0.253 e. The van der Waals surface area contributed by atoms with E-state index in [1.54, 1.807) is 0 Å². The fraction of sp³-hybridized carbons (Fsp3) is 0.447. The molecule has 1 aliphatic heterocycles. The topological polar surface area (TPSA) is 196 Å². The number of likely N-dealkylation sites (N-methyl/N-ethyl adjacent to an activating group) is 1. The van der Waals surface area contributed by atoms with E-state index in [0.29, 0.717) is 0 Å². The number of hydrogen-bond donors (Lipinski definition) is 7. The molecule has 3 aromatic rings. The zero-order chi connectivity index (χ0) is 40.3. The summed E-state index contributed by atoms with van der Waals surface area (Å²) in [4.78, 5) is 28.7. The minimum atomic E-state index is -1.89. The number of halogens is 5. The lowest BCUT2D eigenvalue weighted by Crippen LogP contribution is -2.49. The zero-order valence-corrected chi connectivity index (χ0v) is 33.0. The molecule has 0 aliphatic carbocycles. The number of nitrogens with zero attached hydrogens (tertiary/aromatic N) is 2. The molecule has 1 heterocycles. The molecule has 0 aromatic heterocycles. The number of benzene rings is 3. The minimum absolute atomic E-state index is 0. The normalized spacial score (nSPS) is 21.7. The Bertz CT molecular complexity index is 1900. The van der Waals surface area contributed by atoms with Crippen molar-refractivity contribution in [3.05, 3.63) is 93.0 Å². The number of rotatable bonds is 13. The van der Waals surface area contributed by atoms with Gasteiger partial charge in [-0.2, -0.15) is 5.26 Å². The van der Waals surface area contributed by atoms with Gasteiger partial charge in [-0.25, -0.2) is 8.78 Å². The first-order valence-corrected chi connectivity index (χ1v) is 17.7. The summed E-state index contributed by atoms with van der Waals surface area (Å²) < 4.78 is 37.5. The van der Waals surface area contributed by atoms with Gasteiger partial charge in [-0.05, 0) is 53.8 Å². The lowest BCUT2D eigenvalue weighted by Gasteiger charge is -2.37. The Morgan fingerprint density at radius 2 is 1.71 bits per heavy atom. The van der Waals surface area contributed by atoms with E-state index < -0.39 is 89.8 Å². The summed E-state index contributed by atoms with van der Waals surface area (Å²) in [6.07, 6.45) is -6.93. The van der Waals surface area contributed by atoms with Gasteiger partial charge >= 0.3 is 0 Å². The van der Waals surface area contributed by atoms with Gasteiger partial charge in [0.2, 0.25) is 5.91 Å². The van der Waals surface area contributed by atoms with Gasteiger partial charge < -0.3 is 45.8 Å². The second-order valence-electron chi connectivity index (χ2n) is 14.6. The van der Waals surface area contributed by atoms with E-state index in [2.05, 4.69) is 16.7 Å². The van der Waals surface area contributed by atoms with Crippen molar-refractivity contribution < 1.29 is 48.6 Å². The standard InChI is InChI=1S/C38H44Cl2F2N4O8.ClH/c1-37(2,3)15-29-38(18-43,22-11-10-20(39)14-24(22)41)30(21-7-6-8-23(40)31(21)42)32(45-29)35(52)44-25-12-9-19(13-28(25)54-5)36(53)46(4)16-26(48)33(50)34(51)27(49)17-47;/h6-14,26-27,29-30,32-34,45,47-51H,15-17H2,1-5H3,(H,44,52);1H/t26-,27+,29-,30-,32+,33+,34+,38-;/m0./s1. The maximum atomic E-state index is 16.0. The third-order valence-corrected chi connectivity index (χ3v) is 10.1. The molecule has 0 bridgehead atoms. The fourth-order valence-electron chi connectivity index (χ4n) is 6.95. The van der Waals surface area contributed by atoms with Gasteiger partial charge in [-0.1, -0.05) is 62.2 Å². The number of ether oxygens (including phenoxy) is 1. The van der Waals surface area contributed by atoms with E-state index in [-0.39, 0.29) is 57.0 Å². The first-order chi connectivity index (χ1) is 25.3. The van der Waals surface area contributed by atoms with Crippen molar-refractivity contribution in [2.24, 2.45) is 5.41 Å². The first-order valence-electron chi connectivity index (χ1n) is 16.9. The van der Waals surface area contributed by atoms with Gasteiger partial charge in [-0.3, -0.25) is 9.59 Å². The summed E-state index contributed by atoms with van der Waals surface area (Å²) in [7, 11) is 2.60. The van der Waals surface area contributed by atoms with Crippen LogP contribution in [0.4, 0.5) is 14.5 Å². The average molecular weight is 830 g/mol. The molecule has 7 N–H and O–H groups in total. The molecule has 55 heavy (non-hydrogen) atoms. The summed E-state index contributed by atoms with van der Waals surface area (Å²) in [6, 6.07) is 12.1. The lowest BCUT2D eigenvalue weighted by molar-refractivity contribution is -0.118. The maximum absolute atomic E-state index is 16.0. The van der Waals surface area contributed by atoms with E-state index in [0.717, 1.165) is 11.0 Å². The predicted molar refractivity (Wildman–Crippen MR) is 205 cm³/mol. The average Bonchev–Trinajstić information content (AvgIpc) is 3.44. The summed E-state index contributed by atoms with van der Waals surface area (Å²) in [5, 5.41) is 66.0. The van der Waals surface area contributed by atoms with Gasteiger partial charge in [0, 0.05) is 41.7 Å². The number of carbonyl (C=O) groups is 2. The molecule has 12 nitrogen and oxygen atoms in total. The SMILES string of the molecule is COc1cc(C(=O)N(C)C[C@H](O)[C@@H](O)[C@H](O)[C@H](O)CO)ccc1NC(=O)[C@@H]1N[C@@H](CC(C)(C)C)[C@](C#N)(c2ccc(Cl)cc2F)[C@H]1c1cccc(Cl)c1F.Cl. The Labute approximate surface area is 334 Å². The van der Waals surface area contributed by atoms with Crippen LogP contribution in [-0.2, 0) is 10.2 Å². The molecule has 3 aromatic carbocycles. The van der Waals surface area contributed by atoms with E-state index in [9.17, 15) is 35.3 Å². The Hall–Kier alpha value is -3.62. The quantitative estimate of drug-likeness (QED) is 0.132. The van der Waals surface area contributed by atoms with E-state index in [1.807, 2.05) is 20.8 Å². The summed E-state index contributed by atoms with van der Waals surface area (Å²) in [6.45, 7) is 4.40. The Morgan fingerprint density at radius 1 is 1.05 bits per heavy atom. The van der Waals surface area contributed by atoms with Gasteiger partial charge in [-0.15, -0.1) is 12.4 Å². The van der Waals surface area contributed by atoms with Crippen molar-refractivity contribution in [2.45, 2.75) is 75.0 Å². The highest BCUT2D eigenvalue weighted by Gasteiger charge is 2.61. The van der Waals surface area contributed by atoms with Crippen LogP contribution in [0, 0.1) is 28.4 Å². The number of hydrogen-bond acceptors (Lipinski definition) is 10. The molecule has 0 saturated carbocycles. The summed E-state index contributed by atoms with van der Waals surface area (Å²) in [5.74, 6) is -4.39. The largest absolute Gasteiger partial charge is 0.495 e. The van der Waals surface area contributed by atoms with Crippen molar-refractivity contribution in [3.63, 3.8) is 0 Å². The molecule has 1 saturated heterocycles. The lowest BCUT2D eigenvalue weighted by atomic mass is 9.62. The molecule has 17 heteroatoms. The molecular weight excluding hydrogens is 785 g/mol. The van der Waals surface area contributed by atoms with E-state index in [1.165, 1.54) is 62.7 Å². The monoisotopic (exact) mass is 828 g/mol. The van der Waals surface area contributed by atoms with Gasteiger partial charge in [0.15, 0.2) is 0 Å². The van der Waals surface area contributed by atoms with Crippen molar-refractivity contribution in [2.75, 3.05) is 32.6 Å². The summed E-state index contributed by atoms with van der Waals surface area (Å²) >= 11 is 12.3. The zero-order valence-electron chi connectivity index (χ0n) is 30.6. The number of carbonyl (C=O) groups excluding carboxylic acids is 2. The van der Waals surface area contributed by atoms with Crippen molar-refractivity contribution in [1.82, 2.24) is 10.2 Å².